The van der Waals surface area contributed by atoms with Gasteiger partial charge in [0.2, 0.25) is 0 Å². The van der Waals surface area contributed by atoms with Gasteiger partial charge in [0, 0.05) is 0 Å². The van der Waals surface area contributed by atoms with E-state index in [9.17, 15) is 5.11 Å². The average molecular weight is 230 g/mol. The van der Waals surface area contributed by atoms with Crippen LogP contribution < -0.4 is 0 Å². The molecule has 1 aromatic carbocycles. The first kappa shape index (κ1) is 11.6. The molecule has 1 nitrogen and oxygen atoms in total. The molecule has 0 aliphatic rings. The molecule has 3 heteroatoms. The van der Waals surface area contributed by atoms with Crippen molar-refractivity contribution in [3.05, 3.63) is 39.9 Å². The van der Waals surface area contributed by atoms with Crippen LogP contribution >= 0.6 is 23.2 Å². The molecule has 1 rings (SSSR count). The zero-order valence-electron chi connectivity index (χ0n) is 7.67. The Morgan fingerprint density at radius 1 is 1.29 bits per heavy atom. The molecule has 0 bridgehead atoms. The van der Waals surface area contributed by atoms with Gasteiger partial charge in [0.15, 0.2) is 0 Å². The van der Waals surface area contributed by atoms with Gasteiger partial charge >= 0.3 is 0 Å². The van der Waals surface area contributed by atoms with Crippen molar-refractivity contribution in [3.8, 4) is 0 Å². The molecule has 0 aromatic heterocycles. The lowest BCUT2D eigenvalue weighted by atomic mass is 10.2. The van der Waals surface area contributed by atoms with Gasteiger partial charge in [-0.05, 0) is 24.5 Å². The minimum absolute atomic E-state index is 0.0341. The van der Waals surface area contributed by atoms with Crippen LogP contribution in [0.2, 0.25) is 10.0 Å². The van der Waals surface area contributed by atoms with Crippen LogP contribution in [0.25, 0.3) is 6.08 Å². The van der Waals surface area contributed by atoms with Crippen molar-refractivity contribution in [2.75, 3.05) is 6.61 Å². The molecule has 0 heterocycles. The maximum atomic E-state index is 10.2. The highest BCUT2D eigenvalue weighted by Crippen LogP contribution is 2.26. The molecule has 0 fully saturated rings. The number of rotatable bonds is 4. The van der Waals surface area contributed by atoms with Gasteiger partial charge in [0.05, 0.1) is 16.7 Å². The lowest BCUT2D eigenvalue weighted by Crippen LogP contribution is -1.78. The van der Waals surface area contributed by atoms with Gasteiger partial charge in [-0.3, -0.25) is 0 Å². The summed E-state index contributed by atoms with van der Waals surface area (Å²) in [5.41, 5.74) is 0.894. The van der Waals surface area contributed by atoms with Crippen LogP contribution in [0.5, 0.6) is 0 Å². The molecule has 0 spiro atoms. The van der Waals surface area contributed by atoms with Crippen molar-refractivity contribution < 1.29 is 5.11 Å². The van der Waals surface area contributed by atoms with Crippen LogP contribution in [0.3, 0.4) is 0 Å². The zero-order chi connectivity index (χ0) is 10.4. The average Bonchev–Trinajstić information content (AvgIpc) is 2.19. The van der Waals surface area contributed by atoms with Crippen LogP contribution in [0, 0.1) is 0 Å². The van der Waals surface area contributed by atoms with Gasteiger partial charge in [-0.15, -0.1) is 0 Å². The Hall–Kier alpha value is -0.500. The van der Waals surface area contributed by atoms with Crippen LogP contribution in [0.4, 0.5) is 0 Å². The van der Waals surface area contributed by atoms with Gasteiger partial charge in [-0.25, -0.2) is 5.11 Å². The molecule has 0 amide bonds. The van der Waals surface area contributed by atoms with Crippen LogP contribution in [-0.2, 0) is 5.11 Å². The summed E-state index contributed by atoms with van der Waals surface area (Å²) in [5.74, 6) is 0. The summed E-state index contributed by atoms with van der Waals surface area (Å²) in [6.07, 6.45) is 5.28. The first-order chi connectivity index (χ1) is 6.75. The maximum absolute atomic E-state index is 10.2. The molecular formula is C11H11Cl2O. The molecule has 0 N–H and O–H groups in total. The van der Waals surface area contributed by atoms with Crippen molar-refractivity contribution in [2.45, 2.75) is 12.8 Å². The summed E-state index contributed by atoms with van der Waals surface area (Å²) >= 11 is 11.8. The van der Waals surface area contributed by atoms with E-state index in [1.165, 1.54) is 0 Å². The molecule has 1 aromatic rings. The molecule has 0 aliphatic carbocycles. The van der Waals surface area contributed by atoms with E-state index in [1.807, 2.05) is 24.3 Å². The number of hydrogen-bond acceptors (Lipinski definition) is 0. The third-order valence-electron chi connectivity index (χ3n) is 1.79. The maximum Gasteiger partial charge on any atom is 0.0825 e. The monoisotopic (exact) mass is 229 g/mol. The molecule has 75 valence electrons. The van der Waals surface area contributed by atoms with E-state index >= 15 is 0 Å². The molecule has 0 saturated carbocycles. The Morgan fingerprint density at radius 2 is 2.07 bits per heavy atom. The summed E-state index contributed by atoms with van der Waals surface area (Å²) in [7, 11) is 0. The number of unbranched alkanes of at least 4 members (excludes halogenated alkanes) is 1. The minimum Gasteiger partial charge on any atom is -0.237 e. The van der Waals surface area contributed by atoms with Crippen molar-refractivity contribution in [2.24, 2.45) is 0 Å². The second-order valence-electron chi connectivity index (χ2n) is 2.89. The minimum atomic E-state index is -0.0341. The summed E-state index contributed by atoms with van der Waals surface area (Å²) in [5, 5.41) is 11.3. The topological polar surface area (TPSA) is 19.9 Å². The van der Waals surface area contributed by atoms with Crippen molar-refractivity contribution in [1.82, 2.24) is 0 Å². The highest BCUT2D eigenvalue weighted by molar-refractivity contribution is 6.42. The Kier molecular flexibility index (Phi) is 5.02. The predicted octanol–water partition coefficient (Wildman–Crippen LogP) is 4.22. The van der Waals surface area contributed by atoms with E-state index < -0.39 is 0 Å². The summed E-state index contributed by atoms with van der Waals surface area (Å²) in [6.45, 7) is -0.0341. The Morgan fingerprint density at radius 3 is 2.79 bits per heavy atom. The highest BCUT2D eigenvalue weighted by Gasteiger charge is 1.99. The second kappa shape index (κ2) is 6.07. The van der Waals surface area contributed by atoms with E-state index in [1.54, 1.807) is 6.07 Å². The van der Waals surface area contributed by atoms with E-state index in [0.29, 0.717) is 16.5 Å². The Balaban J connectivity index is 2.67. The zero-order valence-corrected chi connectivity index (χ0v) is 9.18. The Labute approximate surface area is 94.0 Å². The fraction of sp³-hybridized carbons (Fsp3) is 0.273. The highest BCUT2D eigenvalue weighted by atomic mass is 35.5. The van der Waals surface area contributed by atoms with Crippen molar-refractivity contribution in [1.29, 1.82) is 0 Å². The SMILES string of the molecule is [O]CCCC=Cc1cccc(Cl)c1Cl. The van der Waals surface area contributed by atoms with E-state index in [4.69, 9.17) is 23.2 Å². The van der Waals surface area contributed by atoms with E-state index in [2.05, 4.69) is 0 Å². The van der Waals surface area contributed by atoms with Gasteiger partial charge in [-0.2, -0.15) is 0 Å². The summed E-state index contributed by atoms with van der Waals surface area (Å²) in [6, 6.07) is 5.49. The van der Waals surface area contributed by atoms with Gasteiger partial charge in [-0.1, -0.05) is 47.5 Å². The smallest absolute Gasteiger partial charge is 0.0825 e. The standard InChI is InChI=1S/C11H11Cl2O/c12-10-7-4-6-9(11(10)13)5-2-1-3-8-14/h2,4-7H,1,3,8H2. The van der Waals surface area contributed by atoms with Crippen molar-refractivity contribution >= 4 is 29.3 Å². The van der Waals surface area contributed by atoms with Crippen LogP contribution in [0.15, 0.2) is 24.3 Å². The van der Waals surface area contributed by atoms with Gasteiger partial charge in [0.1, 0.15) is 0 Å². The summed E-state index contributed by atoms with van der Waals surface area (Å²) < 4.78 is 0. The molecule has 1 radical (unpaired) electrons. The number of halogens is 2. The molecule has 0 atom stereocenters. The fourth-order valence-corrected chi connectivity index (χ4v) is 1.43. The molecule has 0 saturated heterocycles. The summed E-state index contributed by atoms with van der Waals surface area (Å²) in [4.78, 5) is 0. The molecule has 0 unspecified atom stereocenters. The quantitative estimate of drug-likeness (QED) is 0.690. The van der Waals surface area contributed by atoms with Crippen LogP contribution in [-0.4, -0.2) is 6.61 Å². The van der Waals surface area contributed by atoms with E-state index in [-0.39, 0.29) is 6.61 Å². The third-order valence-corrected chi connectivity index (χ3v) is 2.63. The molecule has 0 aliphatic heterocycles. The Bertz CT molecular complexity index is 321. The van der Waals surface area contributed by atoms with Gasteiger partial charge < -0.3 is 0 Å². The second-order valence-corrected chi connectivity index (χ2v) is 3.68. The largest absolute Gasteiger partial charge is 0.237 e. The number of benzene rings is 1. The van der Waals surface area contributed by atoms with Crippen LogP contribution in [0.1, 0.15) is 18.4 Å². The number of allylic oxidation sites excluding steroid dienone is 1. The predicted molar refractivity (Wildman–Crippen MR) is 60.3 cm³/mol. The first-order valence-corrected chi connectivity index (χ1v) is 5.20. The van der Waals surface area contributed by atoms with Gasteiger partial charge in [0.25, 0.3) is 0 Å². The molecular weight excluding hydrogens is 219 g/mol. The van der Waals surface area contributed by atoms with E-state index in [0.717, 1.165) is 12.0 Å². The normalized spacial score (nSPS) is 11.1. The third kappa shape index (κ3) is 3.33. The fourth-order valence-electron chi connectivity index (χ4n) is 1.06. The molecule has 14 heavy (non-hydrogen) atoms. The number of hydrogen-bond donors (Lipinski definition) is 0. The first-order valence-electron chi connectivity index (χ1n) is 4.44. The lowest BCUT2D eigenvalue weighted by Gasteiger charge is -1.99. The lowest BCUT2D eigenvalue weighted by molar-refractivity contribution is 0.190. The van der Waals surface area contributed by atoms with Crippen molar-refractivity contribution in [3.63, 3.8) is 0 Å².